The largest absolute Gasteiger partial charge is 0.480 e. The summed E-state index contributed by atoms with van der Waals surface area (Å²) in [6.45, 7) is 1.87. The van der Waals surface area contributed by atoms with Crippen LogP contribution in [0.3, 0.4) is 0 Å². The fourth-order valence-corrected chi connectivity index (χ4v) is 3.99. The third-order valence-corrected chi connectivity index (χ3v) is 5.41. The van der Waals surface area contributed by atoms with Gasteiger partial charge in [0.05, 0.1) is 11.3 Å². The van der Waals surface area contributed by atoms with Crippen LogP contribution in [-0.4, -0.2) is 50.6 Å². The molecule has 4 N–H and O–H groups in total. The first-order valence-electron chi connectivity index (χ1n) is 8.96. The molecule has 0 bridgehead atoms. The molecule has 1 atom stereocenters. The zero-order chi connectivity index (χ0) is 22.3. The average molecular weight is 448 g/mol. The second-order valence-corrected chi connectivity index (χ2v) is 8.19. The maximum atomic E-state index is 12.6. The summed E-state index contributed by atoms with van der Waals surface area (Å²) in [5, 5.41) is 11.3. The topological polar surface area (TPSA) is 130 Å². The number of amides is 3. The zero-order valence-electron chi connectivity index (χ0n) is 16.2. The maximum absolute atomic E-state index is 12.6. The molecule has 0 aliphatic carbocycles. The van der Waals surface area contributed by atoms with Crippen molar-refractivity contribution in [2.24, 2.45) is 5.73 Å². The molecule has 1 aromatic rings. The van der Waals surface area contributed by atoms with Crippen molar-refractivity contribution < 1.29 is 24.3 Å². The molecule has 0 spiro atoms. The van der Waals surface area contributed by atoms with E-state index in [0.29, 0.717) is 9.23 Å². The Hall–Kier alpha value is -2.98. The second-order valence-electron chi connectivity index (χ2n) is 6.51. The Kier molecular flexibility index (Phi) is 8.31. The number of benzene rings is 1. The number of aliphatic carboxylic acids is 1. The van der Waals surface area contributed by atoms with Gasteiger partial charge in [-0.1, -0.05) is 60.4 Å². The van der Waals surface area contributed by atoms with Gasteiger partial charge in [0.25, 0.3) is 5.91 Å². The van der Waals surface area contributed by atoms with Gasteiger partial charge in [0.1, 0.15) is 10.4 Å². The molecule has 0 radical (unpaired) electrons. The van der Waals surface area contributed by atoms with Crippen LogP contribution in [0.2, 0.25) is 0 Å². The number of carboxylic acid groups (broad SMARTS) is 1. The number of nitrogens with two attached hydrogens (primary N) is 1. The summed E-state index contributed by atoms with van der Waals surface area (Å²) in [4.78, 5) is 48.4. The second kappa shape index (κ2) is 10.7. The van der Waals surface area contributed by atoms with E-state index in [1.54, 1.807) is 6.08 Å². The fraction of sp³-hybridized carbons (Fsp3) is 0.250. The highest BCUT2D eigenvalue weighted by atomic mass is 32.2. The van der Waals surface area contributed by atoms with Crippen LogP contribution in [0.1, 0.15) is 25.3 Å². The van der Waals surface area contributed by atoms with Gasteiger partial charge < -0.3 is 16.2 Å². The Morgan fingerprint density at radius 3 is 2.57 bits per heavy atom. The van der Waals surface area contributed by atoms with Crippen molar-refractivity contribution in [3.05, 3.63) is 52.4 Å². The van der Waals surface area contributed by atoms with Gasteiger partial charge in [-0.15, -0.1) is 0 Å². The van der Waals surface area contributed by atoms with Crippen molar-refractivity contribution >= 4 is 58.1 Å². The Balaban J connectivity index is 1.98. The maximum Gasteiger partial charge on any atom is 0.326 e. The number of hydrogen-bond donors (Lipinski definition) is 3. The summed E-state index contributed by atoms with van der Waals surface area (Å²) in [6.07, 6.45) is 2.99. The molecule has 0 saturated carbocycles. The number of primary amides is 1. The highest BCUT2D eigenvalue weighted by molar-refractivity contribution is 8.26. The van der Waals surface area contributed by atoms with Crippen molar-refractivity contribution in [1.82, 2.24) is 10.2 Å². The van der Waals surface area contributed by atoms with Crippen molar-refractivity contribution in [1.29, 1.82) is 0 Å². The van der Waals surface area contributed by atoms with E-state index in [2.05, 4.69) is 5.32 Å². The van der Waals surface area contributed by atoms with E-state index in [1.165, 1.54) is 4.90 Å². The van der Waals surface area contributed by atoms with Crippen LogP contribution in [0.15, 0.2) is 46.9 Å². The summed E-state index contributed by atoms with van der Waals surface area (Å²) in [5.41, 5.74) is 6.86. The lowest BCUT2D eigenvalue weighted by atomic mass is 10.1. The van der Waals surface area contributed by atoms with E-state index in [9.17, 15) is 19.2 Å². The number of allylic oxidation sites excluding steroid dienone is 2. The summed E-state index contributed by atoms with van der Waals surface area (Å²) in [5.74, 6) is -3.15. The molecular formula is C20H21N3O5S2. The lowest BCUT2D eigenvalue weighted by Crippen LogP contribution is -2.44. The third kappa shape index (κ3) is 6.82. The van der Waals surface area contributed by atoms with E-state index in [1.807, 2.05) is 43.3 Å². The molecule has 1 saturated heterocycles. The standard InChI is InChI=1S/C20H21N3O5S2/c1-12(9-13-5-3-2-4-6-13)10-15-18(26)23(20(29)30-15)8-7-17(25)22-14(19(27)28)11-16(21)24/h2-6,9-10,14H,7-8,11H2,1H3,(H2,21,24)(H,22,25)(H,27,28)/b12-9+,15-10+. The lowest BCUT2D eigenvalue weighted by molar-refractivity contribution is -0.143. The summed E-state index contributed by atoms with van der Waals surface area (Å²) in [6, 6.07) is 8.24. The van der Waals surface area contributed by atoms with Crippen LogP contribution in [0.25, 0.3) is 6.08 Å². The monoisotopic (exact) mass is 447 g/mol. The molecule has 30 heavy (non-hydrogen) atoms. The lowest BCUT2D eigenvalue weighted by Gasteiger charge is -2.16. The van der Waals surface area contributed by atoms with Gasteiger partial charge in [-0.25, -0.2) is 4.79 Å². The minimum atomic E-state index is -1.41. The molecule has 8 nitrogen and oxygen atoms in total. The van der Waals surface area contributed by atoms with Crippen LogP contribution in [0.5, 0.6) is 0 Å². The van der Waals surface area contributed by atoms with Crippen LogP contribution < -0.4 is 11.1 Å². The van der Waals surface area contributed by atoms with Crippen LogP contribution in [0.4, 0.5) is 0 Å². The van der Waals surface area contributed by atoms with Gasteiger partial charge in [0.15, 0.2) is 0 Å². The van der Waals surface area contributed by atoms with Gasteiger partial charge in [0, 0.05) is 13.0 Å². The Morgan fingerprint density at radius 2 is 1.97 bits per heavy atom. The molecule has 1 unspecified atom stereocenters. The molecule has 1 aliphatic rings. The number of nitrogens with one attached hydrogen (secondary N) is 1. The van der Waals surface area contributed by atoms with Crippen molar-refractivity contribution in [2.75, 3.05) is 6.54 Å². The predicted molar refractivity (Wildman–Crippen MR) is 118 cm³/mol. The van der Waals surface area contributed by atoms with E-state index in [-0.39, 0.29) is 18.9 Å². The molecular weight excluding hydrogens is 426 g/mol. The van der Waals surface area contributed by atoms with Gasteiger partial charge >= 0.3 is 5.97 Å². The van der Waals surface area contributed by atoms with E-state index in [4.69, 9.17) is 23.1 Å². The Labute approximate surface area is 183 Å². The summed E-state index contributed by atoms with van der Waals surface area (Å²) < 4.78 is 0.318. The molecule has 0 aromatic heterocycles. The smallest absolute Gasteiger partial charge is 0.326 e. The first-order valence-corrected chi connectivity index (χ1v) is 10.2. The predicted octanol–water partition coefficient (Wildman–Crippen LogP) is 1.67. The molecule has 1 fully saturated rings. The first-order chi connectivity index (χ1) is 14.2. The molecule has 1 aromatic carbocycles. The molecule has 158 valence electrons. The quantitative estimate of drug-likeness (QED) is 0.388. The van der Waals surface area contributed by atoms with Crippen molar-refractivity contribution in [3.63, 3.8) is 0 Å². The fourth-order valence-electron chi connectivity index (χ4n) is 2.63. The minimum absolute atomic E-state index is 0.00179. The summed E-state index contributed by atoms with van der Waals surface area (Å²) >= 11 is 6.38. The first kappa shape index (κ1) is 23.3. The van der Waals surface area contributed by atoms with Crippen molar-refractivity contribution in [2.45, 2.75) is 25.8 Å². The van der Waals surface area contributed by atoms with Crippen LogP contribution in [0, 0.1) is 0 Å². The van der Waals surface area contributed by atoms with Gasteiger partial charge in [-0.05, 0) is 24.1 Å². The Morgan fingerprint density at radius 1 is 1.30 bits per heavy atom. The molecule has 3 amide bonds. The number of carboxylic acids is 1. The SMILES string of the molecule is CC(=C\c1ccccc1)/C=C1/SC(=S)N(CCC(=O)NC(CC(N)=O)C(=O)O)C1=O. The van der Waals surface area contributed by atoms with Crippen LogP contribution in [-0.2, 0) is 19.2 Å². The van der Waals surface area contributed by atoms with Gasteiger partial charge in [-0.2, -0.15) is 0 Å². The van der Waals surface area contributed by atoms with Crippen LogP contribution >= 0.6 is 24.0 Å². The van der Waals surface area contributed by atoms with Crippen molar-refractivity contribution in [3.8, 4) is 0 Å². The molecule has 1 heterocycles. The normalized spacial score (nSPS) is 16.6. The third-order valence-electron chi connectivity index (χ3n) is 4.03. The Bertz CT molecular complexity index is 928. The highest BCUT2D eigenvalue weighted by Crippen LogP contribution is 2.32. The van der Waals surface area contributed by atoms with Gasteiger partial charge in [-0.3, -0.25) is 19.3 Å². The number of carbonyl (C=O) groups is 4. The van der Waals surface area contributed by atoms with E-state index in [0.717, 1.165) is 22.9 Å². The molecule has 2 rings (SSSR count). The molecule has 1 aliphatic heterocycles. The molecule has 10 heteroatoms. The number of thioether (sulfide) groups is 1. The van der Waals surface area contributed by atoms with E-state index < -0.39 is 30.2 Å². The number of thiocarbonyl (C=S) groups is 1. The number of nitrogens with zero attached hydrogens (tertiary/aromatic N) is 1. The number of rotatable bonds is 9. The number of carbonyl (C=O) groups excluding carboxylic acids is 3. The van der Waals surface area contributed by atoms with Gasteiger partial charge in [0.2, 0.25) is 11.8 Å². The highest BCUT2D eigenvalue weighted by Gasteiger charge is 2.32. The summed E-state index contributed by atoms with van der Waals surface area (Å²) in [7, 11) is 0. The number of hydrogen-bond acceptors (Lipinski definition) is 6. The van der Waals surface area contributed by atoms with E-state index >= 15 is 0 Å². The zero-order valence-corrected chi connectivity index (χ0v) is 17.8. The minimum Gasteiger partial charge on any atom is -0.480 e. The average Bonchev–Trinajstić information content (AvgIpc) is 2.92.